The molecule has 0 aliphatic carbocycles. The van der Waals surface area contributed by atoms with Crippen LogP contribution in [0.3, 0.4) is 0 Å². The Balaban J connectivity index is 1.90. The fourth-order valence-electron chi connectivity index (χ4n) is 1.95. The van der Waals surface area contributed by atoms with Crippen LogP contribution in [-0.2, 0) is 18.8 Å². The molecule has 7 heteroatoms. The van der Waals surface area contributed by atoms with Gasteiger partial charge in [0, 0.05) is 6.54 Å². The largest absolute Gasteiger partial charge is 0.464 e. The zero-order valence-electron chi connectivity index (χ0n) is 12.5. The molecule has 0 amide bonds. The normalized spacial score (nSPS) is 11.1. The van der Waals surface area contributed by atoms with Gasteiger partial charge >= 0.3 is 5.69 Å². The minimum absolute atomic E-state index is 0.150. The average molecular weight is 310 g/mol. The monoisotopic (exact) mass is 310 g/mol. The molecule has 2 aromatic rings. The number of nitrogens with zero attached hydrogens (tertiary/aromatic N) is 2. The number of hydrogen-bond donors (Lipinski definition) is 2. The molecule has 0 saturated heterocycles. The second kappa shape index (κ2) is 8.09. The van der Waals surface area contributed by atoms with Crippen LogP contribution in [0.25, 0.3) is 0 Å². The van der Waals surface area contributed by atoms with Crippen LogP contribution in [0.1, 0.15) is 38.2 Å². The molecule has 0 bridgehead atoms. The quantitative estimate of drug-likeness (QED) is 0.549. The number of aromatic amines is 1. The van der Waals surface area contributed by atoms with E-state index >= 15 is 0 Å². The lowest BCUT2D eigenvalue weighted by Crippen LogP contribution is -2.17. The van der Waals surface area contributed by atoms with Crippen molar-refractivity contribution in [2.75, 3.05) is 6.54 Å². The molecule has 0 aliphatic heterocycles. The van der Waals surface area contributed by atoms with Crippen LogP contribution in [0.2, 0.25) is 0 Å². The van der Waals surface area contributed by atoms with Gasteiger partial charge in [0.05, 0.1) is 12.3 Å². The first-order chi connectivity index (χ1) is 10.2. The zero-order valence-corrected chi connectivity index (χ0v) is 13.3. The summed E-state index contributed by atoms with van der Waals surface area (Å²) in [6, 6.07) is 3.97. The molecule has 0 aliphatic rings. The van der Waals surface area contributed by atoms with Crippen LogP contribution in [0, 0.1) is 0 Å². The molecule has 0 spiro atoms. The Bertz CT molecular complexity index is 602. The van der Waals surface area contributed by atoms with Crippen molar-refractivity contribution in [1.82, 2.24) is 20.1 Å². The first-order valence-corrected chi connectivity index (χ1v) is 8.29. The Morgan fingerprint density at radius 2 is 2.14 bits per heavy atom. The third-order valence-corrected chi connectivity index (χ3v) is 3.96. The Labute approximate surface area is 128 Å². The third kappa shape index (κ3) is 4.50. The summed E-state index contributed by atoms with van der Waals surface area (Å²) < 4.78 is 7.41. The molecular weight excluding hydrogens is 288 g/mol. The highest BCUT2D eigenvalue weighted by Gasteiger charge is 2.10. The Morgan fingerprint density at radius 1 is 1.33 bits per heavy atom. The highest BCUT2D eigenvalue weighted by atomic mass is 32.2. The van der Waals surface area contributed by atoms with Crippen LogP contribution in [0.4, 0.5) is 0 Å². The van der Waals surface area contributed by atoms with E-state index in [0.29, 0.717) is 17.5 Å². The molecule has 6 nitrogen and oxygen atoms in total. The first-order valence-electron chi connectivity index (χ1n) is 7.30. The Hall–Kier alpha value is -1.47. The van der Waals surface area contributed by atoms with E-state index in [4.69, 9.17) is 4.42 Å². The summed E-state index contributed by atoms with van der Waals surface area (Å²) in [7, 11) is 0. The van der Waals surface area contributed by atoms with Gasteiger partial charge in [-0.25, -0.2) is 9.89 Å². The molecule has 116 valence electrons. The van der Waals surface area contributed by atoms with Crippen LogP contribution >= 0.6 is 11.8 Å². The summed E-state index contributed by atoms with van der Waals surface area (Å²) in [4.78, 5) is 11.6. The van der Waals surface area contributed by atoms with Gasteiger partial charge in [-0.2, -0.15) is 0 Å². The maximum Gasteiger partial charge on any atom is 0.343 e. The second-order valence-corrected chi connectivity index (χ2v) is 5.74. The predicted molar refractivity (Wildman–Crippen MR) is 83.4 cm³/mol. The topological polar surface area (TPSA) is 75.8 Å². The van der Waals surface area contributed by atoms with Crippen molar-refractivity contribution >= 4 is 11.8 Å². The van der Waals surface area contributed by atoms with Crippen molar-refractivity contribution in [1.29, 1.82) is 0 Å². The summed E-state index contributed by atoms with van der Waals surface area (Å²) in [5.74, 6) is 2.50. The van der Waals surface area contributed by atoms with Crippen LogP contribution < -0.4 is 11.0 Å². The van der Waals surface area contributed by atoms with E-state index in [1.165, 1.54) is 11.8 Å². The van der Waals surface area contributed by atoms with Gasteiger partial charge in [-0.1, -0.05) is 25.6 Å². The van der Waals surface area contributed by atoms with Gasteiger partial charge in [-0.3, -0.25) is 4.57 Å². The summed E-state index contributed by atoms with van der Waals surface area (Å²) >= 11 is 1.51. The van der Waals surface area contributed by atoms with Gasteiger partial charge in [0.15, 0.2) is 5.16 Å². The fourth-order valence-corrected chi connectivity index (χ4v) is 2.82. The van der Waals surface area contributed by atoms with E-state index in [1.807, 2.05) is 19.1 Å². The van der Waals surface area contributed by atoms with Crippen molar-refractivity contribution < 1.29 is 4.42 Å². The third-order valence-electron chi connectivity index (χ3n) is 2.96. The SMILES string of the molecule is CCCNCc1ccc(CSc2n[nH]c(=O)n2CCC)o1. The lowest BCUT2D eigenvalue weighted by molar-refractivity contribution is 0.459. The van der Waals surface area contributed by atoms with Crippen LogP contribution in [-0.4, -0.2) is 21.3 Å². The molecule has 2 N–H and O–H groups in total. The van der Waals surface area contributed by atoms with Gasteiger partial charge < -0.3 is 9.73 Å². The van der Waals surface area contributed by atoms with Crippen molar-refractivity contribution in [2.45, 2.75) is 50.7 Å². The molecule has 0 atom stereocenters. The molecule has 0 unspecified atom stereocenters. The molecule has 21 heavy (non-hydrogen) atoms. The molecule has 0 saturated carbocycles. The number of furan rings is 1. The summed E-state index contributed by atoms with van der Waals surface area (Å²) in [5, 5.41) is 10.6. The summed E-state index contributed by atoms with van der Waals surface area (Å²) in [5.41, 5.74) is -0.150. The van der Waals surface area contributed by atoms with E-state index in [1.54, 1.807) is 4.57 Å². The van der Waals surface area contributed by atoms with E-state index in [2.05, 4.69) is 22.4 Å². The van der Waals surface area contributed by atoms with Crippen molar-refractivity contribution in [2.24, 2.45) is 0 Å². The first kappa shape index (κ1) is 15.9. The smallest absolute Gasteiger partial charge is 0.343 e. The van der Waals surface area contributed by atoms with Gasteiger partial charge in [-0.15, -0.1) is 5.10 Å². The minimum atomic E-state index is -0.150. The van der Waals surface area contributed by atoms with Gasteiger partial charge in [0.2, 0.25) is 0 Å². The van der Waals surface area contributed by atoms with E-state index < -0.39 is 0 Å². The summed E-state index contributed by atoms with van der Waals surface area (Å²) in [6.07, 6.45) is 2.01. The number of H-pyrrole nitrogens is 1. The number of hydrogen-bond acceptors (Lipinski definition) is 5. The second-order valence-electron chi connectivity index (χ2n) is 4.80. The molecule has 2 heterocycles. The van der Waals surface area contributed by atoms with Crippen molar-refractivity contribution in [3.8, 4) is 0 Å². The van der Waals surface area contributed by atoms with Gasteiger partial charge in [0.1, 0.15) is 11.5 Å². The van der Waals surface area contributed by atoms with Crippen LogP contribution in [0.5, 0.6) is 0 Å². The number of rotatable bonds is 9. The maximum atomic E-state index is 11.6. The fraction of sp³-hybridized carbons (Fsp3) is 0.571. The van der Waals surface area contributed by atoms with Gasteiger partial charge in [-0.05, 0) is 31.5 Å². The Kier molecular flexibility index (Phi) is 6.13. The number of aromatic nitrogens is 3. The van der Waals surface area contributed by atoms with E-state index in [9.17, 15) is 4.79 Å². The zero-order chi connectivity index (χ0) is 15.1. The lowest BCUT2D eigenvalue weighted by Gasteiger charge is -2.02. The highest BCUT2D eigenvalue weighted by molar-refractivity contribution is 7.98. The standard InChI is InChI=1S/C14H22N4O2S/c1-3-7-15-9-11-5-6-12(20-11)10-21-14-17-16-13(19)18(14)8-4-2/h5-6,15H,3-4,7-10H2,1-2H3,(H,16,19). The predicted octanol–water partition coefficient (Wildman–Crippen LogP) is 2.37. The highest BCUT2D eigenvalue weighted by Crippen LogP contribution is 2.21. The molecule has 0 radical (unpaired) electrons. The van der Waals surface area contributed by atoms with E-state index in [-0.39, 0.29) is 5.69 Å². The van der Waals surface area contributed by atoms with Gasteiger partial charge in [0.25, 0.3) is 0 Å². The molecule has 2 aromatic heterocycles. The van der Waals surface area contributed by atoms with Crippen molar-refractivity contribution in [3.05, 3.63) is 34.1 Å². The Morgan fingerprint density at radius 3 is 2.90 bits per heavy atom. The molecule has 0 fully saturated rings. The average Bonchev–Trinajstić information content (AvgIpc) is 3.06. The molecular formula is C14H22N4O2S. The van der Waals surface area contributed by atoms with Crippen molar-refractivity contribution in [3.63, 3.8) is 0 Å². The number of nitrogens with one attached hydrogen (secondary N) is 2. The van der Waals surface area contributed by atoms with Crippen LogP contribution in [0.15, 0.2) is 26.5 Å². The minimum Gasteiger partial charge on any atom is -0.464 e. The molecule has 2 rings (SSSR count). The maximum absolute atomic E-state index is 11.6. The molecule has 0 aromatic carbocycles. The number of thioether (sulfide) groups is 1. The van der Waals surface area contributed by atoms with E-state index in [0.717, 1.165) is 37.5 Å². The summed E-state index contributed by atoms with van der Waals surface area (Å²) in [6.45, 7) is 6.59. The lowest BCUT2D eigenvalue weighted by atomic mass is 10.4.